The van der Waals surface area contributed by atoms with Gasteiger partial charge in [0.1, 0.15) is 0 Å². The summed E-state index contributed by atoms with van der Waals surface area (Å²) in [6.07, 6.45) is 5.28. The molecule has 0 saturated heterocycles. The van der Waals surface area contributed by atoms with Gasteiger partial charge in [-0.3, -0.25) is 0 Å². The Morgan fingerprint density at radius 1 is 1.20 bits per heavy atom. The van der Waals surface area contributed by atoms with Gasteiger partial charge in [0.25, 0.3) is 0 Å². The fourth-order valence-electron chi connectivity index (χ4n) is 1.83. The zero-order valence-corrected chi connectivity index (χ0v) is 8.48. The number of nitrogens with zero attached hydrogens (tertiary/aromatic N) is 2. The third-order valence-corrected chi connectivity index (χ3v) is 2.50. The molecule has 0 spiro atoms. The van der Waals surface area contributed by atoms with E-state index in [2.05, 4.69) is 22.3 Å². The van der Waals surface area contributed by atoms with Gasteiger partial charge in [-0.05, 0) is 42.0 Å². The van der Waals surface area contributed by atoms with Crippen LogP contribution < -0.4 is 11.5 Å². The molecule has 78 valence electrons. The summed E-state index contributed by atoms with van der Waals surface area (Å²) in [5.41, 5.74) is 14.2. The van der Waals surface area contributed by atoms with Gasteiger partial charge in [-0.1, -0.05) is 12.1 Å². The van der Waals surface area contributed by atoms with E-state index in [1.807, 2.05) is 6.07 Å². The van der Waals surface area contributed by atoms with Crippen molar-refractivity contribution in [3.63, 3.8) is 0 Å². The summed E-state index contributed by atoms with van der Waals surface area (Å²) in [7, 11) is 0. The third-order valence-electron chi connectivity index (χ3n) is 2.50. The van der Waals surface area contributed by atoms with Crippen LogP contribution in [0.15, 0.2) is 28.4 Å². The Morgan fingerprint density at radius 2 is 2.00 bits per heavy atom. The van der Waals surface area contributed by atoms with Crippen molar-refractivity contribution in [2.75, 3.05) is 0 Å². The van der Waals surface area contributed by atoms with Gasteiger partial charge < -0.3 is 11.5 Å². The first kappa shape index (κ1) is 9.71. The molecule has 0 aliphatic heterocycles. The molecule has 0 unspecified atom stereocenters. The maximum Gasteiger partial charge on any atom is 0.211 e. The zero-order valence-electron chi connectivity index (χ0n) is 8.48. The molecule has 4 nitrogen and oxygen atoms in total. The van der Waals surface area contributed by atoms with Crippen LogP contribution in [0.3, 0.4) is 0 Å². The SMILES string of the molecule is NC(N)=N/N=C/c1ccc2c(c1)CCC2. The van der Waals surface area contributed by atoms with Crippen molar-refractivity contribution in [3.05, 3.63) is 34.9 Å². The fraction of sp³-hybridized carbons (Fsp3) is 0.273. The van der Waals surface area contributed by atoms with Crippen LogP contribution in [0.2, 0.25) is 0 Å². The highest BCUT2D eigenvalue weighted by molar-refractivity contribution is 5.82. The molecule has 0 fully saturated rings. The molecule has 4 N–H and O–H groups in total. The molecule has 15 heavy (non-hydrogen) atoms. The standard InChI is InChI=1S/C11H14N4/c12-11(13)15-14-7-8-4-5-9-2-1-3-10(9)6-8/h4-7H,1-3H2,(H4,12,13,15)/b14-7+. The molecular formula is C11H14N4. The van der Waals surface area contributed by atoms with Crippen LogP contribution in [0.25, 0.3) is 0 Å². The van der Waals surface area contributed by atoms with E-state index in [1.165, 1.54) is 30.4 Å². The van der Waals surface area contributed by atoms with Crippen LogP contribution in [0, 0.1) is 0 Å². The Hall–Kier alpha value is -1.84. The number of rotatable bonds is 2. The monoisotopic (exact) mass is 202 g/mol. The lowest BCUT2D eigenvalue weighted by Gasteiger charge is -1.99. The van der Waals surface area contributed by atoms with Crippen LogP contribution in [-0.2, 0) is 12.8 Å². The molecule has 1 aliphatic rings. The molecule has 4 heteroatoms. The Morgan fingerprint density at radius 3 is 2.80 bits per heavy atom. The Labute approximate surface area is 88.7 Å². The Bertz CT molecular complexity index is 417. The zero-order chi connectivity index (χ0) is 10.7. The summed E-state index contributed by atoms with van der Waals surface area (Å²) >= 11 is 0. The molecular weight excluding hydrogens is 188 g/mol. The highest BCUT2D eigenvalue weighted by Crippen LogP contribution is 2.22. The second kappa shape index (κ2) is 4.13. The quantitative estimate of drug-likeness (QED) is 0.422. The van der Waals surface area contributed by atoms with Crippen LogP contribution in [-0.4, -0.2) is 12.2 Å². The van der Waals surface area contributed by atoms with Crippen molar-refractivity contribution < 1.29 is 0 Å². The fourth-order valence-corrected chi connectivity index (χ4v) is 1.83. The summed E-state index contributed by atoms with van der Waals surface area (Å²) in [5, 5.41) is 7.33. The van der Waals surface area contributed by atoms with Gasteiger partial charge in [0.2, 0.25) is 5.96 Å². The number of benzene rings is 1. The largest absolute Gasteiger partial charge is 0.369 e. The first-order chi connectivity index (χ1) is 7.25. The maximum absolute atomic E-state index is 5.16. The molecule has 0 amide bonds. The van der Waals surface area contributed by atoms with Crippen LogP contribution in [0.1, 0.15) is 23.1 Å². The Kier molecular flexibility index (Phi) is 2.67. The number of hydrogen-bond acceptors (Lipinski definition) is 2. The van der Waals surface area contributed by atoms with Crippen LogP contribution >= 0.6 is 0 Å². The first-order valence-corrected chi connectivity index (χ1v) is 4.99. The van der Waals surface area contributed by atoms with Gasteiger partial charge in [0.05, 0.1) is 6.21 Å². The minimum atomic E-state index is -0.0209. The van der Waals surface area contributed by atoms with E-state index in [0.717, 1.165) is 5.56 Å². The lowest BCUT2D eigenvalue weighted by Crippen LogP contribution is -2.21. The number of aryl methyl sites for hydroxylation is 2. The normalized spacial score (nSPS) is 14.1. The van der Waals surface area contributed by atoms with Crippen LogP contribution in [0.5, 0.6) is 0 Å². The van der Waals surface area contributed by atoms with E-state index in [0.29, 0.717) is 0 Å². The summed E-state index contributed by atoms with van der Waals surface area (Å²) in [6.45, 7) is 0. The highest BCUT2D eigenvalue weighted by Gasteiger charge is 2.09. The summed E-state index contributed by atoms with van der Waals surface area (Å²) in [6, 6.07) is 6.34. The second-order valence-electron chi connectivity index (χ2n) is 3.65. The molecule has 0 aromatic heterocycles. The summed E-state index contributed by atoms with van der Waals surface area (Å²) in [5.74, 6) is -0.0209. The van der Waals surface area contributed by atoms with E-state index in [4.69, 9.17) is 11.5 Å². The topological polar surface area (TPSA) is 76.8 Å². The molecule has 0 bridgehead atoms. The lowest BCUT2D eigenvalue weighted by atomic mass is 10.1. The van der Waals surface area contributed by atoms with Gasteiger partial charge in [-0.15, -0.1) is 5.10 Å². The van der Waals surface area contributed by atoms with Gasteiger partial charge in [-0.2, -0.15) is 5.10 Å². The van der Waals surface area contributed by atoms with Gasteiger partial charge in [0.15, 0.2) is 0 Å². The molecule has 1 aromatic carbocycles. The Balaban J connectivity index is 2.17. The van der Waals surface area contributed by atoms with Crippen LogP contribution in [0.4, 0.5) is 0 Å². The first-order valence-electron chi connectivity index (χ1n) is 4.99. The number of guanidine groups is 1. The van der Waals surface area contributed by atoms with E-state index >= 15 is 0 Å². The molecule has 2 rings (SSSR count). The van der Waals surface area contributed by atoms with Crippen molar-refractivity contribution >= 4 is 12.2 Å². The smallest absolute Gasteiger partial charge is 0.211 e. The van der Waals surface area contributed by atoms with Crippen molar-refractivity contribution in [2.45, 2.75) is 19.3 Å². The number of fused-ring (bicyclic) bond motifs is 1. The van der Waals surface area contributed by atoms with Gasteiger partial charge in [0, 0.05) is 0 Å². The number of hydrogen-bond donors (Lipinski definition) is 2. The molecule has 1 aromatic rings. The molecule has 0 atom stereocenters. The summed E-state index contributed by atoms with van der Waals surface area (Å²) in [4.78, 5) is 0. The average Bonchev–Trinajstić information content (AvgIpc) is 2.64. The highest BCUT2D eigenvalue weighted by atomic mass is 15.3. The predicted octanol–water partition coefficient (Wildman–Crippen LogP) is 0.783. The van der Waals surface area contributed by atoms with Crippen molar-refractivity contribution in [1.82, 2.24) is 0 Å². The van der Waals surface area contributed by atoms with Crippen molar-refractivity contribution in [2.24, 2.45) is 21.7 Å². The predicted molar refractivity (Wildman–Crippen MR) is 61.9 cm³/mol. The van der Waals surface area contributed by atoms with Gasteiger partial charge >= 0.3 is 0 Å². The van der Waals surface area contributed by atoms with E-state index in [1.54, 1.807) is 6.21 Å². The number of nitrogens with two attached hydrogens (primary N) is 2. The van der Waals surface area contributed by atoms with E-state index in [9.17, 15) is 0 Å². The van der Waals surface area contributed by atoms with Crippen molar-refractivity contribution in [1.29, 1.82) is 0 Å². The lowest BCUT2D eigenvalue weighted by molar-refractivity contribution is 0.912. The maximum atomic E-state index is 5.16. The molecule has 0 radical (unpaired) electrons. The molecule has 0 heterocycles. The van der Waals surface area contributed by atoms with Crippen molar-refractivity contribution in [3.8, 4) is 0 Å². The van der Waals surface area contributed by atoms with E-state index in [-0.39, 0.29) is 5.96 Å². The minimum Gasteiger partial charge on any atom is -0.369 e. The summed E-state index contributed by atoms with van der Waals surface area (Å²) < 4.78 is 0. The molecule has 1 aliphatic carbocycles. The van der Waals surface area contributed by atoms with Gasteiger partial charge in [-0.25, -0.2) is 0 Å². The third kappa shape index (κ3) is 2.34. The average molecular weight is 202 g/mol. The second-order valence-corrected chi connectivity index (χ2v) is 3.65. The van der Waals surface area contributed by atoms with E-state index < -0.39 is 0 Å². The minimum absolute atomic E-state index is 0.0209. The molecule has 0 saturated carbocycles.